The second kappa shape index (κ2) is 5.78. The van der Waals surface area contributed by atoms with Gasteiger partial charge in [-0.3, -0.25) is 4.79 Å². The minimum atomic E-state index is -0.488. The zero-order valence-electron chi connectivity index (χ0n) is 13.3. The minimum Gasteiger partial charge on any atom is -0.469 e. The molecule has 0 N–H and O–H groups in total. The first kappa shape index (κ1) is 14.9. The number of carbonyl (C=O) groups excluding carboxylic acids is 2. The summed E-state index contributed by atoms with van der Waals surface area (Å²) in [7, 11) is 0. The molecule has 24 heavy (non-hydrogen) atoms. The van der Waals surface area contributed by atoms with Crippen molar-refractivity contribution in [2.45, 2.75) is 32.3 Å². The molecule has 0 radical (unpaired) electrons. The zero-order chi connectivity index (χ0) is 16.6. The van der Waals surface area contributed by atoms with Crippen molar-refractivity contribution in [3.63, 3.8) is 0 Å². The number of ether oxygens (including phenoxy) is 1. The first-order chi connectivity index (χ1) is 11.7. The fraction of sp³-hybridized carbons (Fsp3) is 0.300. The molecule has 4 nitrogen and oxygen atoms in total. The monoisotopic (exact) mass is 322 g/mol. The number of allylic oxidation sites excluding steroid dienone is 1. The summed E-state index contributed by atoms with van der Waals surface area (Å²) in [6, 6.07) is 11.3. The predicted octanol–water partition coefficient (Wildman–Crippen LogP) is 3.86. The molecule has 1 spiro atoms. The number of furan rings is 1. The Morgan fingerprint density at radius 2 is 2.04 bits per heavy atom. The van der Waals surface area contributed by atoms with Crippen molar-refractivity contribution in [3.8, 4) is 0 Å². The maximum Gasteiger partial charge on any atom is 0.334 e. The van der Waals surface area contributed by atoms with Gasteiger partial charge in [-0.1, -0.05) is 36.4 Å². The highest BCUT2D eigenvalue weighted by Crippen LogP contribution is 2.47. The van der Waals surface area contributed by atoms with Crippen molar-refractivity contribution < 1.29 is 18.7 Å². The first-order valence-electron chi connectivity index (χ1n) is 8.19. The summed E-state index contributed by atoms with van der Waals surface area (Å²) in [4.78, 5) is 25.1. The Morgan fingerprint density at radius 3 is 2.88 bits per heavy atom. The van der Waals surface area contributed by atoms with Gasteiger partial charge >= 0.3 is 5.97 Å². The number of rotatable bonds is 3. The molecule has 1 heterocycles. The van der Waals surface area contributed by atoms with Gasteiger partial charge in [-0.05, 0) is 30.9 Å². The third-order valence-electron chi connectivity index (χ3n) is 5.05. The van der Waals surface area contributed by atoms with E-state index in [0.29, 0.717) is 24.0 Å². The summed E-state index contributed by atoms with van der Waals surface area (Å²) in [6.45, 7) is 0.254. The maximum atomic E-state index is 12.8. The highest BCUT2D eigenvalue weighted by atomic mass is 16.5. The number of aryl methyl sites for hydroxylation is 1. The molecule has 0 fully saturated rings. The van der Waals surface area contributed by atoms with Crippen LogP contribution in [0.4, 0.5) is 0 Å². The first-order valence-corrected chi connectivity index (χ1v) is 8.19. The maximum absolute atomic E-state index is 12.8. The molecule has 4 rings (SSSR count). The van der Waals surface area contributed by atoms with Crippen molar-refractivity contribution in [2.75, 3.05) is 0 Å². The number of fused-ring (bicyclic) bond motifs is 1. The van der Waals surface area contributed by atoms with Crippen molar-refractivity contribution in [1.82, 2.24) is 0 Å². The van der Waals surface area contributed by atoms with Crippen LogP contribution < -0.4 is 0 Å². The predicted molar refractivity (Wildman–Crippen MR) is 87.3 cm³/mol. The largest absolute Gasteiger partial charge is 0.469 e. The topological polar surface area (TPSA) is 56.5 Å². The molecule has 0 bridgehead atoms. The van der Waals surface area contributed by atoms with Crippen LogP contribution in [0.5, 0.6) is 0 Å². The Balaban J connectivity index is 1.43. The fourth-order valence-corrected chi connectivity index (χ4v) is 3.65. The van der Waals surface area contributed by atoms with Crippen LogP contribution in [-0.2, 0) is 22.6 Å². The van der Waals surface area contributed by atoms with E-state index in [2.05, 4.69) is 0 Å². The molecule has 0 saturated heterocycles. The molecule has 122 valence electrons. The van der Waals surface area contributed by atoms with E-state index in [1.54, 1.807) is 12.3 Å². The van der Waals surface area contributed by atoms with Crippen LogP contribution in [0, 0.1) is 5.41 Å². The SMILES string of the molecule is O=C(OCc1ccccc1)C1=CC[C@@]2(CCc3occc3C2=O)C1. The Labute approximate surface area is 140 Å². The van der Waals surface area contributed by atoms with Crippen molar-refractivity contribution in [3.05, 3.63) is 71.2 Å². The highest BCUT2D eigenvalue weighted by molar-refractivity contribution is 6.04. The molecule has 2 aliphatic rings. The molecule has 4 heteroatoms. The summed E-state index contributed by atoms with van der Waals surface area (Å²) in [6.07, 6.45) is 5.97. The Morgan fingerprint density at radius 1 is 1.21 bits per heavy atom. The van der Waals surface area contributed by atoms with Gasteiger partial charge in [-0.15, -0.1) is 0 Å². The summed E-state index contributed by atoms with van der Waals surface area (Å²) in [5.74, 6) is 0.548. The summed E-state index contributed by atoms with van der Waals surface area (Å²) in [5.41, 5.74) is 1.76. The highest BCUT2D eigenvalue weighted by Gasteiger charge is 2.47. The Hall–Kier alpha value is -2.62. The van der Waals surface area contributed by atoms with Crippen LogP contribution in [0.2, 0.25) is 0 Å². The zero-order valence-corrected chi connectivity index (χ0v) is 13.3. The number of benzene rings is 1. The molecule has 2 aromatic rings. The van der Waals surface area contributed by atoms with Gasteiger partial charge in [0.1, 0.15) is 12.4 Å². The van der Waals surface area contributed by atoms with Crippen LogP contribution in [0.1, 0.15) is 40.9 Å². The number of hydrogen-bond acceptors (Lipinski definition) is 4. The molecule has 0 aliphatic heterocycles. The molecule has 0 amide bonds. The van der Waals surface area contributed by atoms with E-state index in [1.807, 2.05) is 36.4 Å². The van der Waals surface area contributed by atoms with Gasteiger partial charge in [-0.2, -0.15) is 0 Å². The lowest BCUT2D eigenvalue weighted by Crippen LogP contribution is -2.34. The quantitative estimate of drug-likeness (QED) is 0.805. The standard InChI is InChI=1S/C20H18O4/c21-18-16-8-11-23-17(16)7-10-20(18)9-6-15(12-20)19(22)24-13-14-4-2-1-3-5-14/h1-6,8,11H,7,9-10,12-13H2/t20-/m1/s1. The fourth-order valence-electron chi connectivity index (χ4n) is 3.65. The van der Waals surface area contributed by atoms with Crippen LogP contribution >= 0.6 is 0 Å². The number of Topliss-reactive ketones (excluding diaryl/α,β-unsaturated/α-hetero) is 1. The average Bonchev–Trinajstić information content (AvgIpc) is 3.25. The van der Waals surface area contributed by atoms with Crippen LogP contribution in [0.15, 0.2) is 58.7 Å². The second-order valence-electron chi connectivity index (χ2n) is 6.54. The molecular weight excluding hydrogens is 304 g/mol. The molecule has 2 aliphatic carbocycles. The smallest absolute Gasteiger partial charge is 0.334 e. The van der Waals surface area contributed by atoms with Gasteiger partial charge in [0.2, 0.25) is 0 Å². The van der Waals surface area contributed by atoms with Gasteiger partial charge in [0.25, 0.3) is 0 Å². The van der Waals surface area contributed by atoms with E-state index in [0.717, 1.165) is 24.2 Å². The van der Waals surface area contributed by atoms with E-state index in [-0.39, 0.29) is 18.4 Å². The third kappa shape index (κ3) is 2.48. The number of hydrogen-bond donors (Lipinski definition) is 0. The average molecular weight is 322 g/mol. The van der Waals surface area contributed by atoms with Crippen LogP contribution in [0.25, 0.3) is 0 Å². The number of carbonyl (C=O) groups is 2. The third-order valence-corrected chi connectivity index (χ3v) is 5.05. The summed E-state index contributed by atoms with van der Waals surface area (Å²) in [5, 5.41) is 0. The van der Waals surface area contributed by atoms with Gasteiger partial charge in [0.05, 0.1) is 11.8 Å². The second-order valence-corrected chi connectivity index (χ2v) is 6.54. The molecule has 0 saturated carbocycles. The lowest BCUT2D eigenvalue weighted by atomic mass is 9.70. The van der Waals surface area contributed by atoms with Gasteiger partial charge in [-0.25, -0.2) is 4.79 Å². The molecular formula is C20H18O4. The lowest BCUT2D eigenvalue weighted by molar-refractivity contribution is -0.140. The van der Waals surface area contributed by atoms with Gasteiger partial charge in [0, 0.05) is 17.4 Å². The summed E-state index contributed by atoms with van der Waals surface area (Å²) < 4.78 is 10.8. The Bertz CT molecular complexity index is 815. The lowest BCUT2D eigenvalue weighted by Gasteiger charge is -2.31. The van der Waals surface area contributed by atoms with E-state index in [4.69, 9.17) is 9.15 Å². The molecule has 1 aromatic heterocycles. The van der Waals surface area contributed by atoms with Gasteiger partial charge < -0.3 is 9.15 Å². The number of ketones is 1. The van der Waals surface area contributed by atoms with Crippen molar-refractivity contribution in [1.29, 1.82) is 0 Å². The van der Waals surface area contributed by atoms with Gasteiger partial charge in [0.15, 0.2) is 5.78 Å². The normalized spacial score (nSPS) is 22.3. The summed E-state index contributed by atoms with van der Waals surface area (Å²) >= 11 is 0. The number of esters is 1. The molecule has 1 aromatic carbocycles. The van der Waals surface area contributed by atoms with Crippen LogP contribution in [0.3, 0.4) is 0 Å². The van der Waals surface area contributed by atoms with E-state index >= 15 is 0 Å². The molecule has 1 atom stereocenters. The van der Waals surface area contributed by atoms with Crippen molar-refractivity contribution in [2.24, 2.45) is 5.41 Å². The van der Waals surface area contributed by atoms with E-state index in [9.17, 15) is 9.59 Å². The minimum absolute atomic E-state index is 0.0969. The van der Waals surface area contributed by atoms with Crippen molar-refractivity contribution >= 4 is 11.8 Å². The van der Waals surface area contributed by atoms with E-state index in [1.165, 1.54) is 0 Å². The Kier molecular flexibility index (Phi) is 3.60. The van der Waals surface area contributed by atoms with E-state index < -0.39 is 5.41 Å². The van der Waals surface area contributed by atoms with Crippen LogP contribution in [-0.4, -0.2) is 11.8 Å². The molecule has 0 unspecified atom stereocenters.